The van der Waals surface area contributed by atoms with Gasteiger partial charge in [0.1, 0.15) is 5.82 Å². The van der Waals surface area contributed by atoms with Crippen LogP contribution in [-0.4, -0.2) is 54.8 Å². The van der Waals surface area contributed by atoms with Gasteiger partial charge in [-0.1, -0.05) is 0 Å². The Balaban J connectivity index is 1.74. The molecule has 1 aliphatic heterocycles. The second-order valence-corrected chi connectivity index (χ2v) is 5.23. The zero-order valence-electron chi connectivity index (χ0n) is 11.6. The van der Waals surface area contributed by atoms with Gasteiger partial charge in [-0.05, 0) is 25.1 Å². The van der Waals surface area contributed by atoms with Gasteiger partial charge < -0.3 is 15.2 Å². The molecule has 102 valence electrons. The van der Waals surface area contributed by atoms with Crippen LogP contribution < -0.4 is 10.2 Å². The van der Waals surface area contributed by atoms with Crippen LogP contribution in [0.25, 0.3) is 11.0 Å². The molecule has 2 N–H and O–H groups in total. The molecule has 0 spiro atoms. The van der Waals surface area contributed by atoms with Crippen molar-refractivity contribution in [3.63, 3.8) is 0 Å². The van der Waals surface area contributed by atoms with Gasteiger partial charge in [0.15, 0.2) is 0 Å². The lowest BCUT2D eigenvalue weighted by Gasteiger charge is -2.32. The Morgan fingerprint density at radius 1 is 1.32 bits per heavy atom. The third-order valence-electron chi connectivity index (χ3n) is 3.65. The number of rotatable bonds is 3. The summed E-state index contributed by atoms with van der Waals surface area (Å²) in [5.41, 5.74) is 3.38. The van der Waals surface area contributed by atoms with Crippen molar-refractivity contribution in [1.82, 2.24) is 20.2 Å². The SMILES string of the molecule is Cc1nc2ccc(N(C)CN3CCNCC3)cc2[nH]1. The molecule has 1 aliphatic rings. The number of anilines is 1. The second-order valence-electron chi connectivity index (χ2n) is 5.23. The largest absolute Gasteiger partial charge is 0.362 e. The molecule has 0 aliphatic carbocycles. The van der Waals surface area contributed by atoms with Crippen molar-refractivity contribution in [3.05, 3.63) is 24.0 Å². The molecule has 0 atom stereocenters. The highest BCUT2D eigenvalue weighted by Crippen LogP contribution is 2.20. The molecule has 2 heterocycles. The van der Waals surface area contributed by atoms with Gasteiger partial charge >= 0.3 is 0 Å². The smallest absolute Gasteiger partial charge is 0.104 e. The molecule has 0 saturated carbocycles. The molecule has 1 aromatic carbocycles. The summed E-state index contributed by atoms with van der Waals surface area (Å²) in [4.78, 5) is 12.5. The highest BCUT2D eigenvalue weighted by Gasteiger charge is 2.12. The molecule has 0 amide bonds. The molecule has 0 bridgehead atoms. The van der Waals surface area contributed by atoms with E-state index in [4.69, 9.17) is 0 Å². The summed E-state index contributed by atoms with van der Waals surface area (Å²) < 4.78 is 0. The van der Waals surface area contributed by atoms with Crippen molar-refractivity contribution >= 4 is 16.7 Å². The Morgan fingerprint density at radius 3 is 2.89 bits per heavy atom. The first-order valence-electron chi connectivity index (χ1n) is 6.83. The number of benzene rings is 1. The third-order valence-corrected chi connectivity index (χ3v) is 3.65. The molecule has 2 aromatic rings. The summed E-state index contributed by atoms with van der Waals surface area (Å²) in [5, 5.41) is 3.38. The number of H-pyrrole nitrogens is 1. The van der Waals surface area contributed by atoms with Crippen LogP contribution in [0.4, 0.5) is 5.69 Å². The van der Waals surface area contributed by atoms with Crippen LogP contribution in [0.15, 0.2) is 18.2 Å². The minimum absolute atomic E-state index is 0.969. The summed E-state index contributed by atoms with van der Waals surface area (Å²) >= 11 is 0. The fourth-order valence-electron chi connectivity index (χ4n) is 2.60. The lowest BCUT2D eigenvalue weighted by molar-refractivity contribution is 0.243. The number of fused-ring (bicyclic) bond motifs is 1. The molecule has 0 unspecified atom stereocenters. The van der Waals surface area contributed by atoms with Crippen molar-refractivity contribution < 1.29 is 0 Å². The average molecular weight is 259 g/mol. The van der Waals surface area contributed by atoms with Crippen LogP contribution in [0.3, 0.4) is 0 Å². The van der Waals surface area contributed by atoms with Crippen molar-refractivity contribution in [2.75, 3.05) is 44.8 Å². The molecule has 5 nitrogen and oxygen atoms in total. The maximum Gasteiger partial charge on any atom is 0.104 e. The fraction of sp³-hybridized carbons (Fsp3) is 0.500. The normalized spacial score (nSPS) is 16.9. The maximum absolute atomic E-state index is 4.44. The van der Waals surface area contributed by atoms with Crippen LogP contribution >= 0.6 is 0 Å². The van der Waals surface area contributed by atoms with Crippen LogP contribution in [0.5, 0.6) is 0 Å². The lowest BCUT2D eigenvalue weighted by atomic mass is 10.2. The van der Waals surface area contributed by atoms with E-state index >= 15 is 0 Å². The van der Waals surface area contributed by atoms with Crippen molar-refractivity contribution in [1.29, 1.82) is 0 Å². The quantitative estimate of drug-likeness (QED) is 0.868. The first-order chi connectivity index (χ1) is 9.22. The topological polar surface area (TPSA) is 47.2 Å². The molecule has 5 heteroatoms. The predicted molar refractivity (Wildman–Crippen MR) is 78.5 cm³/mol. The molecule has 3 rings (SSSR count). The minimum atomic E-state index is 0.969. The van der Waals surface area contributed by atoms with E-state index in [1.807, 2.05) is 6.92 Å². The molecule has 0 radical (unpaired) electrons. The maximum atomic E-state index is 4.44. The van der Waals surface area contributed by atoms with Crippen LogP contribution in [0.1, 0.15) is 5.82 Å². The van der Waals surface area contributed by atoms with Gasteiger partial charge in [-0.3, -0.25) is 4.90 Å². The van der Waals surface area contributed by atoms with Gasteiger partial charge in [-0.2, -0.15) is 0 Å². The minimum Gasteiger partial charge on any atom is -0.362 e. The number of nitrogens with zero attached hydrogens (tertiary/aromatic N) is 3. The van der Waals surface area contributed by atoms with Crippen LogP contribution in [-0.2, 0) is 0 Å². The molecule has 1 saturated heterocycles. The third kappa shape index (κ3) is 2.72. The molecule has 1 fully saturated rings. The van der Waals surface area contributed by atoms with Crippen molar-refractivity contribution in [2.45, 2.75) is 6.92 Å². The number of aryl methyl sites for hydroxylation is 1. The van der Waals surface area contributed by atoms with E-state index in [0.29, 0.717) is 0 Å². The van der Waals surface area contributed by atoms with E-state index in [9.17, 15) is 0 Å². The van der Waals surface area contributed by atoms with E-state index in [1.54, 1.807) is 0 Å². The van der Waals surface area contributed by atoms with Crippen molar-refractivity contribution in [3.8, 4) is 0 Å². The van der Waals surface area contributed by atoms with E-state index in [0.717, 1.165) is 49.7 Å². The van der Waals surface area contributed by atoms with Crippen LogP contribution in [0.2, 0.25) is 0 Å². The lowest BCUT2D eigenvalue weighted by Crippen LogP contribution is -2.47. The summed E-state index contributed by atoms with van der Waals surface area (Å²) in [7, 11) is 2.15. The predicted octanol–water partition coefficient (Wildman–Crippen LogP) is 1.17. The summed E-state index contributed by atoms with van der Waals surface area (Å²) in [5.74, 6) is 0.969. The fourth-order valence-corrected chi connectivity index (χ4v) is 2.60. The Bertz CT molecular complexity index is 556. The first kappa shape index (κ1) is 12.4. The van der Waals surface area contributed by atoms with E-state index < -0.39 is 0 Å². The number of aromatic nitrogens is 2. The Labute approximate surface area is 113 Å². The number of imidazole rings is 1. The van der Waals surface area contributed by atoms with Gasteiger partial charge in [-0.15, -0.1) is 0 Å². The zero-order chi connectivity index (χ0) is 13.2. The highest BCUT2D eigenvalue weighted by atomic mass is 15.3. The molecule has 1 aromatic heterocycles. The summed E-state index contributed by atoms with van der Waals surface area (Å²) in [6.45, 7) is 7.38. The van der Waals surface area contributed by atoms with E-state index in [2.05, 4.69) is 50.3 Å². The Hall–Kier alpha value is -1.59. The molecular formula is C14H21N5. The van der Waals surface area contributed by atoms with Gasteiger partial charge in [-0.25, -0.2) is 4.98 Å². The second kappa shape index (κ2) is 5.19. The number of nitrogens with one attached hydrogen (secondary N) is 2. The number of piperazine rings is 1. The van der Waals surface area contributed by atoms with Gasteiger partial charge in [0.2, 0.25) is 0 Å². The first-order valence-corrected chi connectivity index (χ1v) is 6.83. The standard InChI is InChI=1S/C14H21N5/c1-11-16-13-4-3-12(9-14(13)17-11)18(2)10-19-7-5-15-6-8-19/h3-4,9,15H,5-8,10H2,1-2H3,(H,16,17). The van der Waals surface area contributed by atoms with Gasteiger partial charge in [0.05, 0.1) is 17.7 Å². The van der Waals surface area contributed by atoms with Crippen molar-refractivity contribution in [2.24, 2.45) is 0 Å². The number of hydrogen-bond donors (Lipinski definition) is 2. The average Bonchev–Trinajstić information content (AvgIpc) is 2.78. The highest BCUT2D eigenvalue weighted by molar-refractivity contribution is 5.79. The zero-order valence-corrected chi connectivity index (χ0v) is 11.6. The monoisotopic (exact) mass is 259 g/mol. The Kier molecular flexibility index (Phi) is 3.40. The number of aromatic amines is 1. The van der Waals surface area contributed by atoms with E-state index in [1.165, 1.54) is 5.69 Å². The van der Waals surface area contributed by atoms with Gasteiger partial charge in [0, 0.05) is 38.9 Å². The Morgan fingerprint density at radius 2 is 2.11 bits per heavy atom. The van der Waals surface area contributed by atoms with Gasteiger partial charge in [0.25, 0.3) is 0 Å². The summed E-state index contributed by atoms with van der Waals surface area (Å²) in [6.07, 6.45) is 0. The molecular weight excluding hydrogens is 238 g/mol. The molecule has 19 heavy (non-hydrogen) atoms. The number of hydrogen-bond acceptors (Lipinski definition) is 4. The summed E-state index contributed by atoms with van der Waals surface area (Å²) in [6, 6.07) is 6.41. The van der Waals surface area contributed by atoms with Crippen LogP contribution in [0, 0.1) is 6.92 Å². The van der Waals surface area contributed by atoms with E-state index in [-0.39, 0.29) is 0 Å².